The number of rotatable bonds is 5. The number of pyridine rings is 1. The predicted molar refractivity (Wildman–Crippen MR) is 79.2 cm³/mol. The maximum absolute atomic E-state index is 11.6. The van der Waals surface area contributed by atoms with Crippen LogP contribution in [-0.2, 0) is 16.1 Å². The third kappa shape index (κ3) is 3.14. The normalized spacial score (nSPS) is 11.6. The van der Waals surface area contributed by atoms with Crippen molar-refractivity contribution in [2.45, 2.75) is 20.4 Å². The van der Waals surface area contributed by atoms with E-state index in [-0.39, 0.29) is 5.97 Å². The number of ether oxygens (including phenoxy) is 1. The first-order chi connectivity index (χ1) is 9.54. The molecule has 0 amide bonds. The molecule has 1 heterocycles. The molecule has 0 aliphatic heterocycles. The molecule has 1 aromatic heterocycles. The fourth-order valence-electron chi connectivity index (χ4n) is 2.17. The van der Waals surface area contributed by atoms with Gasteiger partial charge in [-0.1, -0.05) is 24.3 Å². The number of esters is 1. The van der Waals surface area contributed by atoms with E-state index >= 15 is 0 Å². The van der Waals surface area contributed by atoms with E-state index in [4.69, 9.17) is 4.74 Å². The van der Waals surface area contributed by atoms with Gasteiger partial charge in [0.2, 0.25) is 0 Å². The van der Waals surface area contributed by atoms with Crippen molar-refractivity contribution in [1.29, 1.82) is 0 Å². The second kappa shape index (κ2) is 6.01. The second-order valence-electron chi connectivity index (χ2n) is 5.47. The molecule has 0 bridgehead atoms. The third-order valence-corrected chi connectivity index (χ3v) is 3.34. The van der Waals surface area contributed by atoms with Crippen molar-refractivity contribution in [1.82, 2.24) is 10.3 Å². The fourth-order valence-corrected chi connectivity index (χ4v) is 2.17. The van der Waals surface area contributed by atoms with Crippen LogP contribution in [0.4, 0.5) is 0 Å². The van der Waals surface area contributed by atoms with E-state index in [0.717, 1.165) is 16.5 Å². The minimum Gasteiger partial charge on any atom is -0.469 e. The monoisotopic (exact) mass is 272 g/mol. The van der Waals surface area contributed by atoms with Gasteiger partial charge in [0.05, 0.1) is 18.0 Å². The van der Waals surface area contributed by atoms with E-state index in [9.17, 15) is 4.79 Å². The van der Waals surface area contributed by atoms with Gasteiger partial charge in [-0.25, -0.2) is 0 Å². The Bertz CT molecular complexity index is 603. The minimum absolute atomic E-state index is 0.207. The van der Waals surface area contributed by atoms with E-state index in [1.807, 2.05) is 44.2 Å². The summed E-state index contributed by atoms with van der Waals surface area (Å²) in [4.78, 5) is 16.0. The fraction of sp³-hybridized carbons (Fsp3) is 0.375. The Morgan fingerprint density at radius 3 is 2.80 bits per heavy atom. The van der Waals surface area contributed by atoms with Crippen LogP contribution in [0.1, 0.15) is 19.4 Å². The summed E-state index contributed by atoms with van der Waals surface area (Å²) >= 11 is 0. The summed E-state index contributed by atoms with van der Waals surface area (Å²) in [6.07, 6.45) is 1.80. The molecule has 0 fully saturated rings. The van der Waals surface area contributed by atoms with Crippen molar-refractivity contribution in [2.24, 2.45) is 5.41 Å². The summed E-state index contributed by atoms with van der Waals surface area (Å²) < 4.78 is 4.80. The lowest BCUT2D eigenvalue weighted by molar-refractivity contribution is -0.150. The van der Waals surface area contributed by atoms with Crippen LogP contribution in [0.5, 0.6) is 0 Å². The highest BCUT2D eigenvalue weighted by Crippen LogP contribution is 2.18. The first-order valence-corrected chi connectivity index (χ1v) is 6.66. The molecule has 0 saturated heterocycles. The average molecular weight is 272 g/mol. The van der Waals surface area contributed by atoms with Crippen molar-refractivity contribution in [3.63, 3.8) is 0 Å². The van der Waals surface area contributed by atoms with Crippen molar-refractivity contribution < 1.29 is 9.53 Å². The quantitative estimate of drug-likeness (QED) is 0.850. The van der Waals surface area contributed by atoms with Gasteiger partial charge >= 0.3 is 5.97 Å². The lowest BCUT2D eigenvalue weighted by Crippen LogP contribution is -2.36. The highest BCUT2D eigenvalue weighted by atomic mass is 16.5. The summed E-state index contributed by atoms with van der Waals surface area (Å²) in [5, 5.41) is 4.43. The summed E-state index contributed by atoms with van der Waals surface area (Å²) in [7, 11) is 1.42. The molecule has 4 heteroatoms. The molecule has 0 aliphatic rings. The van der Waals surface area contributed by atoms with E-state index in [2.05, 4.69) is 10.3 Å². The molecule has 1 aromatic carbocycles. The van der Waals surface area contributed by atoms with Crippen LogP contribution in [0.2, 0.25) is 0 Å². The van der Waals surface area contributed by atoms with Crippen LogP contribution in [0.3, 0.4) is 0 Å². The van der Waals surface area contributed by atoms with Crippen molar-refractivity contribution in [3.8, 4) is 0 Å². The van der Waals surface area contributed by atoms with E-state index in [1.165, 1.54) is 7.11 Å². The van der Waals surface area contributed by atoms with Crippen molar-refractivity contribution >= 4 is 16.9 Å². The van der Waals surface area contributed by atoms with Crippen molar-refractivity contribution in [3.05, 3.63) is 42.1 Å². The first-order valence-electron chi connectivity index (χ1n) is 6.66. The van der Waals surface area contributed by atoms with Crippen LogP contribution >= 0.6 is 0 Å². The Kier molecular flexibility index (Phi) is 4.35. The highest BCUT2D eigenvalue weighted by molar-refractivity contribution is 5.81. The van der Waals surface area contributed by atoms with Crippen molar-refractivity contribution in [2.75, 3.05) is 13.7 Å². The number of aromatic nitrogens is 1. The largest absolute Gasteiger partial charge is 0.469 e. The molecular formula is C16H20N2O2. The van der Waals surface area contributed by atoms with Crippen LogP contribution in [0.15, 0.2) is 36.5 Å². The number of nitrogens with one attached hydrogen (secondary N) is 1. The van der Waals surface area contributed by atoms with E-state index in [0.29, 0.717) is 13.1 Å². The van der Waals surface area contributed by atoms with Crippen LogP contribution in [0.25, 0.3) is 10.9 Å². The molecule has 2 aromatic rings. The van der Waals surface area contributed by atoms with Crippen LogP contribution in [0, 0.1) is 5.41 Å². The Hall–Kier alpha value is -1.94. The zero-order chi connectivity index (χ0) is 14.6. The zero-order valence-corrected chi connectivity index (χ0v) is 12.1. The van der Waals surface area contributed by atoms with Gasteiger partial charge in [0, 0.05) is 24.7 Å². The minimum atomic E-state index is -0.535. The number of nitrogens with zero attached hydrogens (tertiary/aromatic N) is 1. The topological polar surface area (TPSA) is 51.2 Å². The molecule has 0 radical (unpaired) electrons. The number of fused-ring (bicyclic) bond motifs is 1. The number of hydrogen-bond acceptors (Lipinski definition) is 4. The number of benzene rings is 1. The van der Waals surface area contributed by atoms with Gasteiger partial charge in [0.15, 0.2) is 0 Å². The summed E-state index contributed by atoms with van der Waals surface area (Å²) in [6.45, 7) is 4.97. The molecule has 0 aliphatic carbocycles. The first kappa shape index (κ1) is 14.5. The van der Waals surface area contributed by atoms with Gasteiger partial charge in [-0.2, -0.15) is 0 Å². The average Bonchev–Trinajstić information content (AvgIpc) is 2.46. The van der Waals surface area contributed by atoms with Gasteiger partial charge in [0.25, 0.3) is 0 Å². The Balaban J connectivity index is 2.05. The summed E-state index contributed by atoms with van der Waals surface area (Å²) in [5.41, 5.74) is 1.59. The molecule has 2 rings (SSSR count). The highest BCUT2D eigenvalue weighted by Gasteiger charge is 2.28. The summed E-state index contributed by atoms with van der Waals surface area (Å²) in [6, 6.07) is 10.1. The Morgan fingerprint density at radius 1 is 1.30 bits per heavy atom. The number of carbonyl (C=O) groups excluding carboxylic acids is 1. The maximum atomic E-state index is 11.6. The third-order valence-electron chi connectivity index (χ3n) is 3.34. The van der Waals surface area contributed by atoms with Gasteiger partial charge in [-0.15, -0.1) is 0 Å². The molecule has 1 N–H and O–H groups in total. The van der Waals surface area contributed by atoms with E-state index < -0.39 is 5.41 Å². The van der Waals surface area contributed by atoms with Crippen LogP contribution in [-0.4, -0.2) is 24.6 Å². The number of methoxy groups -OCH3 is 1. The number of para-hydroxylation sites is 1. The standard InChI is InChI=1S/C16H20N2O2/c1-16(2,15(19)20-3)11-17-10-13-7-4-6-12-8-5-9-18-14(12)13/h4-9,17H,10-11H2,1-3H3. The van der Waals surface area contributed by atoms with Gasteiger partial charge in [0.1, 0.15) is 0 Å². The number of hydrogen-bond donors (Lipinski definition) is 1. The summed E-state index contributed by atoms with van der Waals surface area (Å²) in [5.74, 6) is -0.207. The zero-order valence-electron chi connectivity index (χ0n) is 12.1. The lowest BCUT2D eigenvalue weighted by Gasteiger charge is -2.22. The number of carbonyl (C=O) groups is 1. The second-order valence-corrected chi connectivity index (χ2v) is 5.47. The van der Waals surface area contributed by atoms with Crippen LogP contribution < -0.4 is 5.32 Å². The smallest absolute Gasteiger partial charge is 0.312 e. The molecular weight excluding hydrogens is 252 g/mol. The lowest BCUT2D eigenvalue weighted by atomic mass is 9.93. The molecule has 0 unspecified atom stereocenters. The Labute approximate surface area is 119 Å². The molecule has 0 atom stereocenters. The SMILES string of the molecule is COC(=O)C(C)(C)CNCc1cccc2cccnc12. The molecule has 20 heavy (non-hydrogen) atoms. The van der Waals surface area contributed by atoms with Gasteiger partial charge in [-0.3, -0.25) is 9.78 Å². The molecule has 106 valence electrons. The van der Waals surface area contributed by atoms with E-state index in [1.54, 1.807) is 6.20 Å². The predicted octanol–water partition coefficient (Wildman–Crippen LogP) is 2.52. The molecule has 4 nitrogen and oxygen atoms in total. The van der Waals surface area contributed by atoms with Gasteiger partial charge in [-0.05, 0) is 25.5 Å². The molecule has 0 saturated carbocycles. The van der Waals surface area contributed by atoms with Gasteiger partial charge < -0.3 is 10.1 Å². The molecule has 0 spiro atoms. The Morgan fingerprint density at radius 2 is 2.05 bits per heavy atom. The maximum Gasteiger partial charge on any atom is 0.312 e.